The number of methoxy groups -OCH3 is 2. The third kappa shape index (κ3) is 4.88. The van der Waals surface area contributed by atoms with E-state index in [1.165, 1.54) is 4.31 Å². The average molecular weight is 483 g/mol. The lowest BCUT2D eigenvalue weighted by Gasteiger charge is -2.31. The van der Waals surface area contributed by atoms with Crippen LogP contribution in [0.15, 0.2) is 65.6 Å². The second kappa shape index (κ2) is 10.0. The fourth-order valence-corrected chi connectivity index (χ4v) is 5.88. The molecule has 0 aromatic heterocycles. The van der Waals surface area contributed by atoms with Crippen molar-refractivity contribution in [3.05, 3.63) is 66.2 Å². The Balaban J connectivity index is 1.38. The van der Waals surface area contributed by atoms with E-state index >= 15 is 0 Å². The van der Waals surface area contributed by atoms with Crippen molar-refractivity contribution in [1.82, 2.24) is 9.62 Å². The van der Waals surface area contributed by atoms with E-state index in [-0.39, 0.29) is 22.8 Å². The van der Waals surface area contributed by atoms with Gasteiger partial charge in [-0.25, -0.2) is 8.42 Å². The van der Waals surface area contributed by atoms with Crippen molar-refractivity contribution in [2.24, 2.45) is 5.92 Å². The molecule has 0 unspecified atom stereocenters. The number of sulfonamides is 1. The summed E-state index contributed by atoms with van der Waals surface area (Å²) < 4.78 is 38.5. The Morgan fingerprint density at radius 1 is 0.941 bits per heavy atom. The normalized spacial score (nSPS) is 16.2. The minimum atomic E-state index is -3.61. The van der Waals surface area contributed by atoms with Crippen LogP contribution in [0.5, 0.6) is 11.5 Å². The molecule has 34 heavy (non-hydrogen) atoms. The maximum atomic E-state index is 13.2. The maximum Gasteiger partial charge on any atom is 0.243 e. The molecular formula is C26H30N2O5S. The summed E-state index contributed by atoms with van der Waals surface area (Å²) in [5, 5.41) is 4.95. The van der Waals surface area contributed by atoms with E-state index in [0.717, 1.165) is 16.3 Å². The van der Waals surface area contributed by atoms with Gasteiger partial charge in [0.15, 0.2) is 11.5 Å². The van der Waals surface area contributed by atoms with Crippen molar-refractivity contribution < 1.29 is 22.7 Å². The zero-order valence-electron chi connectivity index (χ0n) is 19.7. The Morgan fingerprint density at radius 3 is 2.29 bits per heavy atom. The van der Waals surface area contributed by atoms with Gasteiger partial charge >= 0.3 is 0 Å². The minimum absolute atomic E-state index is 0.0648. The summed E-state index contributed by atoms with van der Waals surface area (Å²) in [6.45, 7) is 2.55. The summed E-state index contributed by atoms with van der Waals surface area (Å²) in [6, 6.07) is 18.2. The van der Waals surface area contributed by atoms with Gasteiger partial charge in [-0.05, 0) is 60.4 Å². The van der Waals surface area contributed by atoms with Crippen LogP contribution in [0, 0.1) is 5.92 Å². The third-order valence-electron chi connectivity index (χ3n) is 6.45. The predicted molar refractivity (Wildman–Crippen MR) is 132 cm³/mol. The molecular weight excluding hydrogens is 452 g/mol. The monoisotopic (exact) mass is 482 g/mol. The molecule has 1 heterocycles. The van der Waals surface area contributed by atoms with Gasteiger partial charge in [0.2, 0.25) is 15.9 Å². The zero-order valence-corrected chi connectivity index (χ0v) is 20.5. The highest BCUT2D eigenvalue weighted by Crippen LogP contribution is 2.31. The van der Waals surface area contributed by atoms with Gasteiger partial charge in [0.25, 0.3) is 0 Å². The van der Waals surface area contributed by atoms with Crippen LogP contribution in [0.25, 0.3) is 10.8 Å². The van der Waals surface area contributed by atoms with Gasteiger partial charge in [0.1, 0.15) is 0 Å². The summed E-state index contributed by atoms with van der Waals surface area (Å²) in [7, 11) is -0.454. The van der Waals surface area contributed by atoms with Gasteiger partial charge in [0.05, 0.1) is 25.2 Å². The number of ether oxygens (including phenoxy) is 2. The highest BCUT2D eigenvalue weighted by atomic mass is 32.2. The number of rotatable bonds is 7. The van der Waals surface area contributed by atoms with Crippen LogP contribution in [-0.4, -0.2) is 45.9 Å². The molecule has 1 amide bonds. The number of hydrogen-bond donors (Lipinski definition) is 1. The molecule has 8 heteroatoms. The van der Waals surface area contributed by atoms with Crippen LogP contribution in [-0.2, 0) is 14.8 Å². The van der Waals surface area contributed by atoms with Gasteiger partial charge in [-0.3, -0.25) is 4.79 Å². The van der Waals surface area contributed by atoms with Crippen LogP contribution in [0.2, 0.25) is 0 Å². The average Bonchev–Trinajstić information content (AvgIpc) is 2.87. The topological polar surface area (TPSA) is 84.9 Å². The molecule has 1 saturated heterocycles. The molecule has 0 aliphatic carbocycles. The van der Waals surface area contributed by atoms with E-state index in [1.807, 2.05) is 55.5 Å². The Kier molecular flexibility index (Phi) is 7.09. The van der Waals surface area contributed by atoms with Crippen molar-refractivity contribution in [3.8, 4) is 11.5 Å². The first-order valence-electron chi connectivity index (χ1n) is 11.3. The van der Waals surface area contributed by atoms with Crippen LogP contribution in [0.4, 0.5) is 0 Å². The molecule has 3 aromatic carbocycles. The third-order valence-corrected chi connectivity index (χ3v) is 8.34. The van der Waals surface area contributed by atoms with E-state index in [1.54, 1.807) is 26.4 Å². The first-order valence-corrected chi connectivity index (χ1v) is 12.8. The van der Waals surface area contributed by atoms with E-state index in [4.69, 9.17) is 9.47 Å². The van der Waals surface area contributed by atoms with Gasteiger partial charge in [-0.15, -0.1) is 0 Å². The Bertz CT molecular complexity index is 1280. The van der Waals surface area contributed by atoms with Crippen LogP contribution < -0.4 is 14.8 Å². The first kappa shape index (κ1) is 24.0. The van der Waals surface area contributed by atoms with Gasteiger partial charge in [-0.1, -0.05) is 36.4 Å². The molecule has 1 aliphatic rings. The smallest absolute Gasteiger partial charge is 0.243 e. The van der Waals surface area contributed by atoms with Crippen LogP contribution in [0.3, 0.4) is 0 Å². The van der Waals surface area contributed by atoms with E-state index in [9.17, 15) is 13.2 Å². The number of hydrogen-bond acceptors (Lipinski definition) is 5. The molecule has 1 aliphatic heterocycles. The van der Waals surface area contributed by atoms with Crippen molar-refractivity contribution in [3.63, 3.8) is 0 Å². The number of carbonyl (C=O) groups is 1. The summed E-state index contributed by atoms with van der Waals surface area (Å²) >= 11 is 0. The summed E-state index contributed by atoms with van der Waals surface area (Å²) in [4.78, 5) is 13.2. The standard InChI is InChI=1S/C26H30N2O5S/c1-18(21-9-11-24(32-2)25(17-21)33-3)27-26(29)20-12-14-28(15-13-20)34(30,31)23-10-8-19-6-4-5-7-22(19)16-23/h4-11,16-18,20H,12-15H2,1-3H3,(H,27,29)/t18-/m0/s1. The SMILES string of the molecule is COc1ccc([C@H](C)NC(=O)C2CCN(S(=O)(=O)c3ccc4ccccc4c3)CC2)cc1OC. The number of carbonyl (C=O) groups excluding carboxylic acids is 1. The van der Waals surface area contributed by atoms with Gasteiger partial charge in [0, 0.05) is 19.0 Å². The van der Waals surface area contributed by atoms with Crippen molar-refractivity contribution in [1.29, 1.82) is 0 Å². The summed E-state index contributed by atoms with van der Waals surface area (Å²) in [5.74, 6) is 0.939. The molecule has 7 nitrogen and oxygen atoms in total. The Morgan fingerprint density at radius 2 is 1.62 bits per heavy atom. The highest BCUT2D eigenvalue weighted by molar-refractivity contribution is 7.89. The number of amides is 1. The number of nitrogens with zero attached hydrogens (tertiary/aromatic N) is 1. The number of benzene rings is 3. The molecule has 3 aromatic rings. The molecule has 1 atom stereocenters. The molecule has 180 valence electrons. The van der Waals surface area contributed by atoms with E-state index in [2.05, 4.69) is 5.32 Å². The molecule has 4 rings (SSSR count). The quantitative estimate of drug-likeness (QED) is 0.547. The van der Waals surface area contributed by atoms with Crippen LogP contribution in [0.1, 0.15) is 31.4 Å². The second-order valence-corrected chi connectivity index (χ2v) is 10.5. The van der Waals surface area contributed by atoms with Gasteiger partial charge in [-0.2, -0.15) is 4.31 Å². The molecule has 1 N–H and O–H groups in total. The predicted octanol–water partition coefficient (Wildman–Crippen LogP) is 4.14. The van der Waals surface area contributed by atoms with E-state index in [0.29, 0.717) is 37.4 Å². The fourth-order valence-electron chi connectivity index (χ4n) is 4.37. The van der Waals surface area contributed by atoms with Crippen LogP contribution >= 0.6 is 0 Å². The second-order valence-electron chi connectivity index (χ2n) is 8.53. The minimum Gasteiger partial charge on any atom is -0.493 e. The summed E-state index contributed by atoms with van der Waals surface area (Å²) in [5.41, 5.74) is 0.905. The lowest BCUT2D eigenvalue weighted by atomic mass is 9.96. The summed E-state index contributed by atoms with van der Waals surface area (Å²) in [6.07, 6.45) is 0.967. The first-order chi connectivity index (χ1) is 16.3. The maximum absolute atomic E-state index is 13.2. The lowest BCUT2D eigenvalue weighted by molar-refractivity contribution is -0.126. The lowest BCUT2D eigenvalue weighted by Crippen LogP contribution is -2.43. The highest BCUT2D eigenvalue weighted by Gasteiger charge is 2.32. The number of fused-ring (bicyclic) bond motifs is 1. The Labute approximate surface area is 200 Å². The number of nitrogens with one attached hydrogen (secondary N) is 1. The fraction of sp³-hybridized carbons (Fsp3) is 0.346. The van der Waals surface area contributed by atoms with Gasteiger partial charge < -0.3 is 14.8 Å². The number of piperidine rings is 1. The molecule has 0 spiro atoms. The molecule has 0 radical (unpaired) electrons. The van der Waals surface area contributed by atoms with Crippen molar-refractivity contribution in [2.75, 3.05) is 27.3 Å². The molecule has 0 saturated carbocycles. The Hall–Kier alpha value is -3.10. The largest absolute Gasteiger partial charge is 0.493 e. The van der Waals surface area contributed by atoms with Crippen molar-refractivity contribution in [2.45, 2.75) is 30.7 Å². The molecule has 0 bridgehead atoms. The zero-order chi connectivity index (χ0) is 24.3. The van der Waals surface area contributed by atoms with E-state index < -0.39 is 10.0 Å². The van der Waals surface area contributed by atoms with Crippen molar-refractivity contribution >= 4 is 26.7 Å². The molecule has 1 fully saturated rings.